The lowest BCUT2D eigenvalue weighted by atomic mass is 10.8. The van der Waals surface area contributed by atoms with Gasteiger partial charge >= 0.3 is 0 Å². The van der Waals surface area contributed by atoms with E-state index >= 15 is 0 Å². The van der Waals surface area contributed by atoms with E-state index in [1.807, 2.05) is 0 Å². The van der Waals surface area contributed by atoms with Crippen LogP contribution in [0, 0.1) is 11.3 Å². The third-order valence-corrected chi connectivity index (χ3v) is 2.29. The summed E-state index contributed by atoms with van der Waals surface area (Å²) < 4.78 is 3.61. The Balaban J connectivity index is 4.49. The van der Waals surface area contributed by atoms with Crippen molar-refractivity contribution in [1.29, 1.82) is 5.26 Å². The summed E-state index contributed by atoms with van der Waals surface area (Å²) in [5.41, 5.74) is 0. The van der Waals surface area contributed by atoms with E-state index in [0.717, 1.165) is 0 Å². The predicted octanol–water partition coefficient (Wildman–Crippen LogP) is 0.405. The summed E-state index contributed by atoms with van der Waals surface area (Å²) in [4.78, 5) is 21.4. The van der Waals surface area contributed by atoms with Gasteiger partial charge in [-0.25, -0.2) is 4.36 Å². The van der Waals surface area contributed by atoms with Gasteiger partial charge in [-0.3, -0.25) is 9.59 Å². The van der Waals surface area contributed by atoms with E-state index in [0.29, 0.717) is 0 Å². The van der Waals surface area contributed by atoms with Gasteiger partial charge in [-0.05, 0) is 0 Å². The molecule has 0 saturated carbocycles. The third kappa shape index (κ3) is 3.63. The maximum Gasteiger partial charge on any atom is 0.203 e. The van der Waals surface area contributed by atoms with E-state index in [-0.39, 0.29) is 16.8 Å². The van der Waals surface area contributed by atoms with Crippen LogP contribution in [0.3, 0.4) is 0 Å². The second kappa shape index (κ2) is 4.74. The highest BCUT2D eigenvalue weighted by molar-refractivity contribution is 8.15. The lowest BCUT2D eigenvalue weighted by Gasteiger charge is -1.94. The fraction of sp³-hybridized carbons (Fsp3) is 0.500. The highest BCUT2D eigenvalue weighted by Crippen LogP contribution is 1.92. The average Bonchev–Trinajstić information content (AvgIpc) is 1.87. The van der Waals surface area contributed by atoms with Crippen LogP contribution in [-0.2, 0) is 20.3 Å². The Morgan fingerprint density at radius 2 is 1.91 bits per heavy atom. The molecule has 0 aliphatic heterocycles. The minimum Gasteiger partial charge on any atom is -0.286 e. The molecule has 0 bridgehead atoms. The van der Waals surface area contributed by atoms with Gasteiger partial charge in [-0.2, -0.15) is 5.26 Å². The molecule has 60 valence electrons. The van der Waals surface area contributed by atoms with E-state index < -0.39 is 10.7 Å². The summed E-state index contributed by atoms with van der Waals surface area (Å²) in [6.07, 6.45) is 0. The van der Waals surface area contributed by atoms with Crippen LogP contribution in [0.4, 0.5) is 0 Å². The molecule has 0 rings (SSSR count). The Hall–Kier alpha value is -1.02. The first-order valence-corrected chi connectivity index (χ1v) is 4.07. The Morgan fingerprint density at radius 1 is 1.45 bits per heavy atom. The second-order valence-corrected chi connectivity index (χ2v) is 3.69. The molecule has 0 unspecified atom stereocenters. The summed E-state index contributed by atoms with van der Waals surface area (Å²) in [7, 11) is -1.20. The third-order valence-electron chi connectivity index (χ3n) is 0.809. The minimum absolute atomic E-state index is 0.0950. The van der Waals surface area contributed by atoms with Crippen LogP contribution < -0.4 is 0 Å². The number of hydrogen-bond donors (Lipinski definition) is 0. The van der Waals surface area contributed by atoms with Gasteiger partial charge in [-0.1, -0.05) is 0 Å². The van der Waals surface area contributed by atoms with Crippen LogP contribution in [-0.4, -0.2) is 16.8 Å². The smallest absolute Gasteiger partial charge is 0.203 e. The number of nitrogens with zero attached hydrogens (tertiary/aromatic N) is 2. The van der Waals surface area contributed by atoms with Crippen molar-refractivity contribution in [2.45, 2.75) is 13.8 Å². The van der Waals surface area contributed by atoms with Crippen LogP contribution >= 0.6 is 0 Å². The molecule has 0 spiro atoms. The van der Waals surface area contributed by atoms with E-state index in [4.69, 9.17) is 5.26 Å². The van der Waals surface area contributed by atoms with E-state index in [1.54, 1.807) is 6.07 Å². The number of carbonyl (C=O) groups excluding carboxylic acids is 2. The summed E-state index contributed by atoms with van der Waals surface area (Å²) >= 11 is 0. The van der Waals surface area contributed by atoms with Crippen molar-refractivity contribution in [2.24, 2.45) is 4.36 Å². The van der Waals surface area contributed by atoms with E-state index in [1.165, 1.54) is 13.8 Å². The topological polar surface area (TPSA) is 70.3 Å². The first-order valence-electron chi connectivity index (χ1n) is 2.89. The molecule has 0 aromatic heterocycles. The van der Waals surface area contributed by atoms with Crippen LogP contribution in [0.25, 0.3) is 0 Å². The number of carbonyl (C=O) groups is 2. The molecular weight excluding hydrogens is 164 g/mol. The van der Waals surface area contributed by atoms with Crippen molar-refractivity contribution in [3.8, 4) is 6.07 Å². The summed E-state index contributed by atoms with van der Waals surface area (Å²) in [6, 6.07) is 1.74. The van der Waals surface area contributed by atoms with Crippen molar-refractivity contribution in [2.75, 3.05) is 6.54 Å². The molecule has 0 aromatic rings. The molecule has 0 saturated heterocycles. The standard InChI is InChI=1S/C6H8N2O2S/c1-5(9)11(6(2)10)8-4-3-7/h4H2,1-2H3. The lowest BCUT2D eigenvalue weighted by Crippen LogP contribution is -2.10. The summed E-state index contributed by atoms with van der Waals surface area (Å²) in [5, 5.41) is 7.55. The normalized spacial score (nSPS) is 8.91. The van der Waals surface area contributed by atoms with Crippen LogP contribution in [0.15, 0.2) is 4.36 Å². The molecule has 0 heterocycles. The maximum absolute atomic E-state index is 10.7. The highest BCUT2D eigenvalue weighted by Gasteiger charge is 2.07. The van der Waals surface area contributed by atoms with Crippen LogP contribution in [0.1, 0.15) is 13.8 Å². The summed E-state index contributed by atoms with van der Waals surface area (Å²) in [5.74, 6) is 0. The monoisotopic (exact) mass is 172 g/mol. The molecule has 0 aliphatic carbocycles. The zero-order valence-corrected chi connectivity index (χ0v) is 7.14. The Labute approximate surface area is 67.3 Å². The van der Waals surface area contributed by atoms with Gasteiger partial charge in [-0.15, -0.1) is 0 Å². The van der Waals surface area contributed by atoms with Gasteiger partial charge in [0.2, 0.25) is 10.2 Å². The van der Waals surface area contributed by atoms with E-state index in [2.05, 4.69) is 4.36 Å². The fourth-order valence-corrected chi connectivity index (χ4v) is 1.43. The maximum atomic E-state index is 10.7. The molecule has 0 N–H and O–H groups in total. The molecule has 0 amide bonds. The van der Waals surface area contributed by atoms with Crippen molar-refractivity contribution in [3.63, 3.8) is 0 Å². The average molecular weight is 172 g/mol. The molecule has 0 atom stereocenters. The molecule has 4 nitrogen and oxygen atoms in total. The molecule has 11 heavy (non-hydrogen) atoms. The molecular formula is C6H8N2O2S. The molecule has 0 fully saturated rings. The lowest BCUT2D eigenvalue weighted by molar-refractivity contribution is -0.111. The molecule has 0 aliphatic rings. The van der Waals surface area contributed by atoms with E-state index in [9.17, 15) is 9.59 Å². The van der Waals surface area contributed by atoms with Crippen LogP contribution in [0.2, 0.25) is 0 Å². The van der Waals surface area contributed by atoms with Gasteiger partial charge in [0.15, 0.2) is 0 Å². The Kier molecular flexibility index (Phi) is 4.30. The quantitative estimate of drug-likeness (QED) is 0.538. The second-order valence-electron chi connectivity index (χ2n) is 1.71. The number of rotatable bonds is 1. The van der Waals surface area contributed by atoms with Crippen LogP contribution in [0.5, 0.6) is 0 Å². The van der Waals surface area contributed by atoms with Crippen molar-refractivity contribution in [3.05, 3.63) is 0 Å². The first-order chi connectivity index (χ1) is 5.09. The summed E-state index contributed by atoms with van der Waals surface area (Å²) in [6.45, 7) is 2.50. The minimum atomic E-state index is -1.20. The number of hydrogen-bond acceptors (Lipinski definition) is 4. The Bertz CT molecular complexity index is 236. The number of nitriles is 1. The van der Waals surface area contributed by atoms with Crippen molar-refractivity contribution < 1.29 is 9.59 Å². The fourth-order valence-electron chi connectivity index (χ4n) is 0.478. The zero-order valence-electron chi connectivity index (χ0n) is 6.33. The zero-order chi connectivity index (χ0) is 8.85. The molecule has 5 heteroatoms. The molecule has 0 radical (unpaired) electrons. The molecule has 0 aromatic carbocycles. The van der Waals surface area contributed by atoms with Gasteiger partial charge in [0.25, 0.3) is 0 Å². The Morgan fingerprint density at radius 3 is 2.18 bits per heavy atom. The SMILES string of the molecule is CC(=O)S(=NCC#N)C(C)=O. The van der Waals surface area contributed by atoms with Crippen molar-refractivity contribution in [1.82, 2.24) is 0 Å². The predicted molar refractivity (Wildman–Crippen MR) is 41.6 cm³/mol. The largest absolute Gasteiger partial charge is 0.286 e. The van der Waals surface area contributed by atoms with Crippen molar-refractivity contribution >= 4 is 20.9 Å². The first kappa shape index (κ1) is 9.98. The van der Waals surface area contributed by atoms with Gasteiger partial charge < -0.3 is 0 Å². The van der Waals surface area contributed by atoms with Gasteiger partial charge in [0, 0.05) is 24.5 Å². The highest BCUT2D eigenvalue weighted by atomic mass is 32.2. The van der Waals surface area contributed by atoms with Gasteiger partial charge in [0.1, 0.15) is 6.54 Å². The van der Waals surface area contributed by atoms with Gasteiger partial charge in [0.05, 0.1) is 6.07 Å².